The van der Waals surface area contributed by atoms with Crippen LogP contribution in [0.5, 0.6) is 0 Å². The van der Waals surface area contributed by atoms with E-state index in [0.29, 0.717) is 12.0 Å². The summed E-state index contributed by atoms with van der Waals surface area (Å²) in [5.74, 6) is 0.512. The standard InChI is InChI=1S/C18H24N4/c1-3-9-22-10-8-16-14(11-22)18(21-20-16)17-12(2)19-15-7-5-4-6-13(15)17/h4-7,14,18-19,21H,3,8-11H2,1-2H3. The first-order valence-corrected chi connectivity index (χ1v) is 8.39. The fourth-order valence-corrected chi connectivity index (χ4v) is 4.10. The van der Waals surface area contributed by atoms with Gasteiger partial charge >= 0.3 is 0 Å². The molecule has 4 rings (SSSR count). The van der Waals surface area contributed by atoms with E-state index in [0.717, 1.165) is 19.5 Å². The van der Waals surface area contributed by atoms with Gasteiger partial charge in [0.1, 0.15) is 0 Å². The molecule has 1 aromatic heterocycles. The van der Waals surface area contributed by atoms with E-state index in [-0.39, 0.29) is 0 Å². The molecule has 2 atom stereocenters. The molecule has 2 unspecified atom stereocenters. The van der Waals surface area contributed by atoms with Crippen molar-refractivity contribution in [2.24, 2.45) is 11.0 Å². The summed E-state index contributed by atoms with van der Waals surface area (Å²) >= 11 is 0. The number of hydrazone groups is 1. The van der Waals surface area contributed by atoms with Gasteiger partial charge in [0.15, 0.2) is 0 Å². The van der Waals surface area contributed by atoms with E-state index in [4.69, 9.17) is 0 Å². The first-order valence-electron chi connectivity index (χ1n) is 8.39. The molecule has 0 saturated carbocycles. The largest absolute Gasteiger partial charge is 0.358 e. The lowest BCUT2D eigenvalue weighted by Gasteiger charge is -2.33. The molecule has 1 aromatic carbocycles. The van der Waals surface area contributed by atoms with Gasteiger partial charge in [-0.3, -0.25) is 0 Å². The van der Waals surface area contributed by atoms with Crippen molar-refractivity contribution in [3.05, 3.63) is 35.5 Å². The molecule has 1 saturated heterocycles. The molecule has 0 bridgehead atoms. The van der Waals surface area contributed by atoms with E-state index in [1.54, 1.807) is 0 Å². The quantitative estimate of drug-likeness (QED) is 0.913. The van der Waals surface area contributed by atoms with Crippen molar-refractivity contribution in [1.29, 1.82) is 0 Å². The molecule has 0 aliphatic carbocycles. The predicted molar refractivity (Wildman–Crippen MR) is 91.2 cm³/mol. The Morgan fingerprint density at radius 3 is 3.05 bits per heavy atom. The number of nitrogens with zero attached hydrogens (tertiary/aromatic N) is 2. The number of H-pyrrole nitrogens is 1. The second-order valence-electron chi connectivity index (χ2n) is 6.58. The van der Waals surface area contributed by atoms with Gasteiger partial charge in [0.2, 0.25) is 0 Å². The summed E-state index contributed by atoms with van der Waals surface area (Å²) in [7, 11) is 0. The van der Waals surface area contributed by atoms with Gasteiger partial charge in [0.05, 0.1) is 6.04 Å². The zero-order valence-electron chi connectivity index (χ0n) is 13.4. The summed E-state index contributed by atoms with van der Waals surface area (Å²) in [6.45, 7) is 7.93. The third kappa shape index (κ3) is 2.13. The molecule has 3 heterocycles. The summed E-state index contributed by atoms with van der Waals surface area (Å²) in [5.41, 5.74) is 8.70. The van der Waals surface area contributed by atoms with Gasteiger partial charge in [-0.25, -0.2) is 0 Å². The normalized spacial score (nSPS) is 25.1. The van der Waals surface area contributed by atoms with Gasteiger partial charge in [-0.1, -0.05) is 25.1 Å². The summed E-state index contributed by atoms with van der Waals surface area (Å²) in [6, 6.07) is 8.91. The Morgan fingerprint density at radius 1 is 1.32 bits per heavy atom. The number of aromatic amines is 1. The van der Waals surface area contributed by atoms with Gasteiger partial charge in [-0.05, 0) is 26.0 Å². The Morgan fingerprint density at radius 2 is 2.18 bits per heavy atom. The van der Waals surface area contributed by atoms with Gasteiger partial charge in [0, 0.05) is 53.3 Å². The number of piperidine rings is 1. The Labute approximate surface area is 131 Å². The molecule has 0 radical (unpaired) electrons. The lowest BCUT2D eigenvalue weighted by atomic mass is 9.85. The molecule has 2 aromatic rings. The monoisotopic (exact) mass is 296 g/mol. The van der Waals surface area contributed by atoms with Crippen molar-refractivity contribution in [2.75, 3.05) is 19.6 Å². The third-order valence-electron chi connectivity index (χ3n) is 5.11. The maximum Gasteiger partial charge on any atom is 0.0806 e. The average Bonchev–Trinajstić information content (AvgIpc) is 3.07. The van der Waals surface area contributed by atoms with Crippen molar-refractivity contribution >= 4 is 16.6 Å². The number of benzene rings is 1. The van der Waals surface area contributed by atoms with E-state index < -0.39 is 0 Å². The summed E-state index contributed by atoms with van der Waals surface area (Å²) in [4.78, 5) is 6.12. The maximum atomic E-state index is 4.66. The number of fused-ring (bicyclic) bond motifs is 2. The number of likely N-dealkylation sites (tertiary alicyclic amines) is 1. The number of hydrogen-bond donors (Lipinski definition) is 2. The van der Waals surface area contributed by atoms with E-state index >= 15 is 0 Å². The maximum absolute atomic E-state index is 4.66. The second kappa shape index (κ2) is 5.43. The van der Waals surface area contributed by atoms with Crippen LogP contribution in [0, 0.1) is 12.8 Å². The van der Waals surface area contributed by atoms with Crippen LogP contribution in [0.3, 0.4) is 0 Å². The molecule has 116 valence electrons. The first-order chi connectivity index (χ1) is 10.8. The fourth-order valence-electron chi connectivity index (χ4n) is 4.10. The minimum absolute atomic E-state index is 0.311. The number of nitrogens with one attached hydrogen (secondary N) is 2. The first kappa shape index (κ1) is 13.8. The van der Waals surface area contributed by atoms with Crippen molar-refractivity contribution < 1.29 is 0 Å². The van der Waals surface area contributed by atoms with Crippen LogP contribution in [0.2, 0.25) is 0 Å². The van der Waals surface area contributed by atoms with Crippen LogP contribution < -0.4 is 5.43 Å². The lowest BCUT2D eigenvalue weighted by molar-refractivity contribution is 0.228. The Balaban J connectivity index is 1.69. The van der Waals surface area contributed by atoms with Gasteiger partial charge in [-0.15, -0.1) is 0 Å². The zero-order valence-corrected chi connectivity index (χ0v) is 13.4. The summed E-state index contributed by atoms with van der Waals surface area (Å²) in [6.07, 6.45) is 2.33. The highest BCUT2D eigenvalue weighted by molar-refractivity contribution is 5.92. The van der Waals surface area contributed by atoms with Crippen LogP contribution in [-0.2, 0) is 0 Å². The number of rotatable bonds is 3. The molecule has 1 fully saturated rings. The number of para-hydroxylation sites is 1. The highest BCUT2D eigenvalue weighted by Gasteiger charge is 2.38. The van der Waals surface area contributed by atoms with Crippen molar-refractivity contribution in [2.45, 2.75) is 32.7 Å². The van der Waals surface area contributed by atoms with Gasteiger partial charge in [-0.2, -0.15) is 5.10 Å². The minimum atomic E-state index is 0.311. The van der Waals surface area contributed by atoms with Crippen LogP contribution in [-0.4, -0.2) is 35.2 Å². The van der Waals surface area contributed by atoms with Gasteiger partial charge in [0.25, 0.3) is 0 Å². The molecule has 22 heavy (non-hydrogen) atoms. The predicted octanol–water partition coefficient (Wildman–Crippen LogP) is 3.21. The van der Waals surface area contributed by atoms with Crippen molar-refractivity contribution in [1.82, 2.24) is 15.3 Å². The minimum Gasteiger partial charge on any atom is -0.358 e. The zero-order chi connectivity index (χ0) is 15.1. The van der Waals surface area contributed by atoms with E-state index in [1.165, 1.54) is 40.8 Å². The highest BCUT2D eigenvalue weighted by atomic mass is 15.4. The molecule has 4 heteroatoms. The fraction of sp³-hybridized carbons (Fsp3) is 0.500. The Bertz CT molecular complexity index is 715. The molecule has 2 aliphatic rings. The van der Waals surface area contributed by atoms with E-state index in [1.807, 2.05) is 0 Å². The number of aromatic nitrogens is 1. The molecule has 0 amide bonds. The summed E-state index contributed by atoms with van der Waals surface area (Å²) in [5, 5.41) is 6.00. The van der Waals surface area contributed by atoms with Crippen LogP contribution >= 0.6 is 0 Å². The average molecular weight is 296 g/mol. The smallest absolute Gasteiger partial charge is 0.0806 e. The van der Waals surface area contributed by atoms with Crippen LogP contribution in [0.1, 0.15) is 37.1 Å². The third-order valence-corrected chi connectivity index (χ3v) is 5.11. The van der Waals surface area contributed by atoms with E-state index in [2.05, 4.69) is 58.5 Å². The van der Waals surface area contributed by atoms with Crippen LogP contribution in [0.25, 0.3) is 10.9 Å². The lowest BCUT2D eigenvalue weighted by Crippen LogP contribution is -2.42. The molecule has 0 spiro atoms. The Hall–Kier alpha value is -1.81. The van der Waals surface area contributed by atoms with E-state index in [9.17, 15) is 0 Å². The van der Waals surface area contributed by atoms with Crippen LogP contribution in [0.15, 0.2) is 29.4 Å². The summed E-state index contributed by atoms with van der Waals surface area (Å²) < 4.78 is 0. The van der Waals surface area contributed by atoms with Crippen molar-refractivity contribution in [3.8, 4) is 0 Å². The number of hydrogen-bond acceptors (Lipinski definition) is 3. The Kier molecular flexibility index (Phi) is 3.41. The number of aryl methyl sites for hydroxylation is 1. The topological polar surface area (TPSA) is 43.4 Å². The molecule has 2 N–H and O–H groups in total. The SMILES string of the molecule is CCCN1CCC2=NNC(c3c(C)[nH]c4ccccc34)C2C1. The second-order valence-corrected chi connectivity index (χ2v) is 6.58. The van der Waals surface area contributed by atoms with Crippen molar-refractivity contribution in [3.63, 3.8) is 0 Å². The molecular formula is C18H24N4. The van der Waals surface area contributed by atoms with Gasteiger partial charge < -0.3 is 15.3 Å². The van der Waals surface area contributed by atoms with Crippen LogP contribution in [0.4, 0.5) is 0 Å². The molecular weight excluding hydrogens is 272 g/mol. The highest BCUT2D eigenvalue weighted by Crippen LogP contribution is 2.37. The molecule has 2 aliphatic heterocycles. The molecule has 4 nitrogen and oxygen atoms in total.